The molecule has 0 bridgehead atoms. The molecule has 4 rings (SSSR count). The van der Waals surface area contributed by atoms with E-state index in [1.807, 2.05) is 43.3 Å². The third-order valence-corrected chi connectivity index (χ3v) is 14.3. The summed E-state index contributed by atoms with van der Waals surface area (Å²) >= 11 is 0. The van der Waals surface area contributed by atoms with Crippen LogP contribution in [0, 0.1) is 6.92 Å². The molecule has 192 valence electrons. The van der Waals surface area contributed by atoms with Crippen LogP contribution in [0.3, 0.4) is 0 Å². The number of benzene rings is 3. The first-order valence-corrected chi connectivity index (χ1v) is 15.8. The average molecular weight is 524 g/mol. The first-order chi connectivity index (χ1) is 16.9. The van der Waals surface area contributed by atoms with Crippen LogP contribution in [-0.2, 0) is 14.4 Å². The van der Waals surface area contributed by atoms with E-state index in [2.05, 4.69) is 45.0 Å². The van der Waals surface area contributed by atoms with Gasteiger partial charge >= 0.3 is 0 Å². The minimum atomic E-state index is -3.80. The highest BCUT2D eigenvalue weighted by Crippen LogP contribution is 2.39. The van der Waals surface area contributed by atoms with E-state index in [0.29, 0.717) is 6.42 Å². The Balaban J connectivity index is 1.77. The van der Waals surface area contributed by atoms with E-state index in [-0.39, 0.29) is 23.1 Å². The molecule has 5 nitrogen and oxygen atoms in total. The summed E-state index contributed by atoms with van der Waals surface area (Å²) in [5.41, 5.74) is -0.211. The fourth-order valence-corrected chi connectivity index (χ4v) is 11.6. The van der Waals surface area contributed by atoms with Gasteiger partial charge in [-0.05, 0) is 47.8 Å². The van der Waals surface area contributed by atoms with Crippen molar-refractivity contribution in [1.82, 2.24) is 4.31 Å². The number of rotatable bonds is 7. The number of aliphatic hydroxyl groups is 1. The van der Waals surface area contributed by atoms with Crippen LogP contribution >= 0.6 is 0 Å². The van der Waals surface area contributed by atoms with Gasteiger partial charge < -0.3 is 9.53 Å². The van der Waals surface area contributed by atoms with Gasteiger partial charge in [0, 0.05) is 6.54 Å². The third kappa shape index (κ3) is 4.83. The number of sulfonamides is 1. The second-order valence-electron chi connectivity index (χ2n) is 11.0. The Kier molecular flexibility index (Phi) is 7.34. The molecule has 0 radical (unpaired) electrons. The summed E-state index contributed by atoms with van der Waals surface area (Å²) in [5.74, 6) is 0. The lowest BCUT2D eigenvalue weighted by atomic mass is 9.98. The second-order valence-corrected chi connectivity index (χ2v) is 17.2. The lowest BCUT2D eigenvalue weighted by Crippen LogP contribution is -2.68. The molecule has 0 spiro atoms. The highest BCUT2D eigenvalue weighted by Gasteiger charge is 2.53. The largest absolute Gasteiger partial charge is 0.406 e. The molecule has 0 saturated carbocycles. The fraction of sp³-hybridized carbons (Fsp3) is 0.379. The molecule has 0 unspecified atom stereocenters. The van der Waals surface area contributed by atoms with Crippen LogP contribution in [0.15, 0.2) is 89.8 Å². The standard InChI is InChI=1S/C29H37NO4SSi/c1-23-16-18-24(19-17-23)35(32,33)30-21-20-29(5,31)27(30)22-34-36(28(2,3)4,25-12-8-6-9-13-25)26-14-10-7-11-15-26/h6-19,27,31H,20-22H2,1-5H3/t27-,29-/m1/s1. The van der Waals surface area contributed by atoms with E-state index in [9.17, 15) is 13.5 Å². The van der Waals surface area contributed by atoms with Crippen molar-refractivity contribution < 1.29 is 18.0 Å². The molecular formula is C29H37NO4SSi. The summed E-state index contributed by atoms with van der Waals surface area (Å²) in [6, 6.07) is 26.7. The summed E-state index contributed by atoms with van der Waals surface area (Å²) in [7, 11) is -6.69. The van der Waals surface area contributed by atoms with Crippen LogP contribution in [0.4, 0.5) is 0 Å². The van der Waals surface area contributed by atoms with Gasteiger partial charge in [-0.1, -0.05) is 99.1 Å². The maximum atomic E-state index is 13.7. The van der Waals surface area contributed by atoms with Gasteiger partial charge in [0.15, 0.2) is 0 Å². The Labute approximate surface area is 216 Å². The Bertz CT molecular complexity index is 1230. The van der Waals surface area contributed by atoms with Crippen LogP contribution in [-0.4, -0.2) is 50.9 Å². The first kappa shape index (κ1) is 26.8. The predicted octanol–water partition coefficient (Wildman–Crippen LogP) is 4.09. The summed E-state index contributed by atoms with van der Waals surface area (Å²) < 4.78 is 35.8. The summed E-state index contributed by atoms with van der Waals surface area (Å²) in [5, 5.41) is 13.3. The van der Waals surface area contributed by atoms with Crippen molar-refractivity contribution in [2.75, 3.05) is 13.2 Å². The van der Waals surface area contributed by atoms with E-state index in [1.54, 1.807) is 31.2 Å². The van der Waals surface area contributed by atoms with Crippen LogP contribution in [0.25, 0.3) is 0 Å². The highest BCUT2D eigenvalue weighted by atomic mass is 32.2. The lowest BCUT2D eigenvalue weighted by molar-refractivity contribution is 0.0146. The third-order valence-electron chi connectivity index (χ3n) is 7.41. The zero-order valence-electron chi connectivity index (χ0n) is 21.8. The van der Waals surface area contributed by atoms with E-state index < -0.39 is 30.0 Å². The van der Waals surface area contributed by atoms with Crippen LogP contribution in [0.5, 0.6) is 0 Å². The minimum absolute atomic E-state index is 0.103. The molecule has 1 heterocycles. The maximum Gasteiger partial charge on any atom is 0.261 e. The number of aryl methyl sites for hydroxylation is 1. The molecule has 0 aromatic heterocycles. The van der Waals surface area contributed by atoms with Crippen LogP contribution in [0.1, 0.15) is 39.7 Å². The minimum Gasteiger partial charge on any atom is -0.406 e. The molecule has 7 heteroatoms. The summed E-state index contributed by atoms with van der Waals surface area (Å²) in [6.07, 6.45) is 0.354. The predicted molar refractivity (Wildman–Crippen MR) is 148 cm³/mol. The van der Waals surface area contributed by atoms with Crippen molar-refractivity contribution in [3.63, 3.8) is 0 Å². The second kappa shape index (κ2) is 9.87. The average Bonchev–Trinajstić information content (AvgIpc) is 3.15. The Hall–Kier alpha value is -2.29. The topological polar surface area (TPSA) is 66.8 Å². The molecule has 1 fully saturated rings. The molecule has 2 atom stereocenters. The maximum absolute atomic E-state index is 13.7. The van der Waals surface area contributed by atoms with Crippen molar-refractivity contribution in [2.24, 2.45) is 0 Å². The normalized spacial score (nSPS) is 21.6. The van der Waals surface area contributed by atoms with Crippen molar-refractivity contribution >= 4 is 28.7 Å². The monoisotopic (exact) mass is 523 g/mol. The van der Waals surface area contributed by atoms with Gasteiger partial charge in [-0.2, -0.15) is 4.31 Å². The van der Waals surface area contributed by atoms with Crippen LogP contribution in [0.2, 0.25) is 5.04 Å². The SMILES string of the molecule is Cc1ccc(S(=O)(=O)N2CC[C@@](C)(O)[C@H]2CO[Si](c2ccccc2)(c2ccccc2)C(C)(C)C)cc1. The van der Waals surface area contributed by atoms with Crippen molar-refractivity contribution in [3.05, 3.63) is 90.5 Å². The number of hydrogen-bond donors (Lipinski definition) is 1. The van der Waals surface area contributed by atoms with Gasteiger partial charge in [-0.15, -0.1) is 0 Å². The number of hydrogen-bond acceptors (Lipinski definition) is 4. The van der Waals surface area contributed by atoms with Crippen molar-refractivity contribution in [2.45, 2.75) is 62.6 Å². The molecule has 36 heavy (non-hydrogen) atoms. The molecular weight excluding hydrogens is 486 g/mol. The molecule has 0 aliphatic carbocycles. The Morgan fingerprint density at radius 2 is 1.44 bits per heavy atom. The van der Waals surface area contributed by atoms with Gasteiger partial charge in [0.2, 0.25) is 10.0 Å². The molecule has 3 aromatic carbocycles. The van der Waals surface area contributed by atoms with Gasteiger partial charge in [-0.3, -0.25) is 0 Å². The quantitative estimate of drug-likeness (QED) is 0.474. The number of nitrogens with zero attached hydrogens (tertiary/aromatic N) is 1. The Morgan fingerprint density at radius 1 is 0.944 bits per heavy atom. The molecule has 1 aliphatic rings. The zero-order chi connectivity index (χ0) is 26.2. The van der Waals surface area contributed by atoms with Crippen LogP contribution < -0.4 is 10.4 Å². The first-order valence-electron chi connectivity index (χ1n) is 12.5. The molecule has 0 amide bonds. The summed E-state index contributed by atoms with van der Waals surface area (Å²) in [6.45, 7) is 10.6. The lowest BCUT2D eigenvalue weighted by Gasteiger charge is -2.44. The van der Waals surface area contributed by atoms with Gasteiger partial charge in [0.1, 0.15) is 0 Å². The molecule has 1 saturated heterocycles. The molecule has 1 N–H and O–H groups in total. The van der Waals surface area contributed by atoms with Gasteiger partial charge in [0.25, 0.3) is 8.32 Å². The van der Waals surface area contributed by atoms with Crippen molar-refractivity contribution in [1.29, 1.82) is 0 Å². The zero-order valence-corrected chi connectivity index (χ0v) is 23.6. The summed E-state index contributed by atoms with van der Waals surface area (Å²) in [4.78, 5) is 0.237. The molecule has 1 aliphatic heterocycles. The smallest absolute Gasteiger partial charge is 0.261 e. The van der Waals surface area contributed by atoms with Gasteiger partial charge in [0.05, 0.1) is 23.1 Å². The highest BCUT2D eigenvalue weighted by molar-refractivity contribution is 7.89. The fourth-order valence-electron chi connectivity index (χ4n) is 5.33. The van der Waals surface area contributed by atoms with E-state index >= 15 is 0 Å². The van der Waals surface area contributed by atoms with E-state index in [4.69, 9.17) is 4.43 Å². The Morgan fingerprint density at radius 3 is 1.92 bits per heavy atom. The molecule has 3 aromatic rings. The van der Waals surface area contributed by atoms with E-state index in [1.165, 1.54) is 4.31 Å². The van der Waals surface area contributed by atoms with E-state index in [0.717, 1.165) is 15.9 Å². The van der Waals surface area contributed by atoms with Crippen molar-refractivity contribution in [3.8, 4) is 0 Å². The van der Waals surface area contributed by atoms with Gasteiger partial charge in [-0.25, -0.2) is 8.42 Å².